The maximum Gasteiger partial charge on any atom is 0.322 e. The molecule has 0 aliphatic rings. The van der Waals surface area contributed by atoms with E-state index in [0.29, 0.717) is 13.0 Å². The molecule has 11 nitrogen and oxygen atoms in total. The van der Waals surface area contributed by atoms with Gasteiger partial charge in [0.2, 0.25) is 23.6 Å². The van der Waals surface area contributed by atoms with Gasteiger partial charge in [-0.25, -0.2) is 0 Å². The number of thioether (sulfide) groups is 1. The van der Waals surface area contributed by atoms with Gasteiger partial charge in [-0.15, -0.1) is 11.8 Å². The maximum absolute atomic E-state index is 12.4. The molecule has 2 atom stereocenters. The molecule has 0 bridgehead atoms. The number of halogens is 1. The molecular weight excluding hydrogens is 519 g/mol. The molecule has 0 aromatic rings. The van der Waals surface area contributed by atoms with Crippen LogP contribution in [0.3, 0.4) is 0 Å². The third kappa shape index (κ3) is 15.0. The molecule has 4 amide bonds. The van der Waals surface area contributed by atoms with E-state index in [1.165, 1.54) is 11.8 Å². The van der Waals surface area contributed by atoms with Crippen molar-refractivity contribution in [3.8, 4) is 0 Å². The van der Waals surface area contributed by atoms with Crippen molar-refractivity contribution in [1.29, 1.82) is 0 Å². The molecule has 0 aromatic heterocycles. The van der Waals surface area contributed by atoms with Crippen LogP contribution < -0.4 is 19.5 Å². The van der Waals surface area contributed by atoms with Crippen LogP contribution in [0.15, 0.2) is 0 Å². The lowest BCUT2D eigenvalue weighted by Crippen LogP contribution is -2.49. The van der Waals surface area contributed by atoms with Gasteiger partial charge in [0.15, 0.2) is 0 Å². The van der Waals surface area contributed by atoms with E-state index in [9.17, 15) is 24.0 Å². The van der Waals surface area contributed by atoms with E-state index in [2.05, 4.69) is 19.5 Å². The number of ether oxygens (including phenoxy) is 1. The average molecular weight is 546 g/mol. The Labute approximate surface area is 187 Å². The van der Waals surface area contributed by atoms with Gasteiger partial charge in [0.1, 0.15) is 18.0 Å². The lowest BCUT2D eigenvalue weighted by Gasteiger charge is -2.19. The number of hydrogen-bond acceptors (Lipinski definition) is 7. The summed E-state index contributed by atoms with van der Waals surface area (Å²) in [7, 11) is 0. The molecule has 13 heteroatoms. The zero-order valence-electron chi connectivity index (χ0n) is 16.3. The van der Waals surface area contributed by atoms with Crippen LogP contribution in [0.25, 0.3) is 0 Å². The SMILES string of the molecule is CCOC(C)SCC(=O)NC(CCCC(=O)NI)C(=O)NCC(=O)NCC(=O)O. The summed E-state index contributed by atoms with van der Waals surface area (Å²) in [4.78, 5) is 57.8. The molecule has 0 fully saturated rings. The van der Waals surface area contributed by atoms with Crippen LogP contribution in [-0.2, 0) is 28.7 Å². The maximum atomic E-state index is 12.4. The first-order chi connectivity index (χ1) is 13.7. The molecule has 0 spiro atoms. The lowest BCUT2D eigenvalue weighted by molar-refractivity contribution is -0.138. The summed E-state index contributed by atoms with van der Waals surface area (Å²) in [5.74, 6) is -2.97. The van der Waals surface area contributed by atoms with Crippen LogP contribution in [0.4, 0.5) is 0 Å². The molecule has 2 unspecified atom stereocenters. The topological polar surface area (TPSA) is 163 Å². The summed E-state index contributed by atoms with van der Waals surface area (Å²) in [6.07, 6.45) is 0.725. The monoisotopic (exact) mass is 546 g/mol. The van der Waals surface area contributed by atoms with Crippen molar-refractivity contribution >= 4 is 64.2 Å². The second kappa shape index (κ2) is 16.2. The van der Waals surface area contributed by atoms with E-state index in [-0.39, 0.29) is 35.8 Å². The van der Waals surface area contributed by atoms with Gasteiger partial charge in [-0.05, 0) is 26.7 Å². The molecule has 5 N–H and O–H groups in total. The van der Waals surface area contributed by atoms with Crippen LogP contribution in [0, 0.1) is 0 Å². The normalized spacial score (nSPS) is 12.4. The van der Waals surface area contributed by atoms with E-state index in [4.69, 9.17) is 9.84 Å². The van der Waals surface area contributed by atoms with Crippen molar-refractivity contribution in [3.05, 3.63) is 0 Å². The Balaban J connectivity index is 4.66. The highest BCUT2D eigenvalue weighted by Gasteiger charge is 2.22. The van der Waals surface area contributed by atoms with Gasteiger partial charge in [-0.3, -0.25) is 27.5 Å². The number of hydrogen-bond donors (Lipinski definition) is 5. The Bertz CT molecular complexity index is 579. The molecular formula is C16H27IN4O7S. The van der Waals surface area contributed by atoms with Gasteiger partial charge in [0, 0.05) is 13.0 Å². The Morgan fingerprint density at radius 3 is 2.34 bits per heavy atom. The van der Waals surface area contributed by atoms with Crippen molar-refractivity contribution in [2.75, 3.05) is 25.4 Å². The minimum Gasteiger partial charge on any atom is -0.480 e. The highest BCUT2D eigenvalue weighted by molar-refractivity contribution is 14.1. The number of carboxylic acids is 1. The third-order valence-electron chi connectivity index (χ3n) is 3.36. The van der Waals surface area contributed by atoms with Gasteiger partial charge >= 0.3 is 5.97 Å². The van der Waals surface area contributed by atoms with Crippen molar-refractivity contribution in [2.24, 2.45) is 0 Å². The first kappa shape index (κ1) is 27.4. The number of aliphatic carboxylic acids is 1. The first-order valence-electron chi connectivity index (χ1n) is 8.87. The van der Waals surface area contributed by atoms with Crippen LogP contribution in [0.5, 0.6) is 0 Å². The van der Waals surface area contributed by atoms with Crippen LogP contribution in [0.2, 0.25) is 0 Å². The summed E-state index contributed by atoms with van der Waals surface area (Å²) >= 11 is 2.98. The number of carbonyl (C=O) groups excluding carboxylic acids is 4. The van der Waals surface area contributed by atoms with Crippen molar-refractivity contribution in [2.45, 2.75) is 44.6 Å². The molecule has 0 heterocycles. The van der Waals surface area contributed by atoms with E-state index in [0.717, 1.165) is 0 Å². The quantitative estimate of drug-likeness (QED) is 0.105. The Morgan fingerprint density at radius 2 is 1.76 bits per heavy atom. The fourth-order valence-electron chi connectivity index (χ4n) is 2.02. The summed E-state index contributed by atoms with van der Waals surface area (Å²) in [5, 5.41) is 15.6. The first-order valence-corrected chi connectivity index (χ1v) is 11.0. The van der Waals surface area contributed by atoms with E-state index in [1.807, 2.05) is 13.8 Å². The van der Waals surface area contributed by atoms with Gasteiger partial charge in [0.25, 0.3) is 0 Å². The lowest BCUT2D eigenvalue weighted by atomic mass is 10.1. The van der Waals surface area contributed by atoms with Crippen molar-refractivity contribution in [1.82, 2.24) is 19.5 Å². The van der Waals surface area contributed by atoms with Gasteiger partial charge in [0.05, 0.1) is 35.2 Å². The zero-order valence-corrected chi connectivity index (χ0v) is 19.3. The Hall–Kier alpha value is -1.61. The summed E-state index contributed by atoms with van der Waals surface area (Å²) < 4.78 is 7.77. The second-order valence-electron chi connectivity index (χ2n) is 5.75. The van der Waals surface area contributed by atoms with E-state index < -0.39 is 36.9 Å². The fourth-order valence-corrected chi connectivity index (χ4v) is 2.99. The smallest absolute Gasteiger partial charge is 0.322 e. The van der Waals surface area contributed by atoms with E-state index >= 15 is 0 Å². The molecule has 0 rings (SSSR count). The van der Waals surface area contributed by atoms with Crippen LogP contribution in [0.1, 0.15) is 33.1 Å². The average Bonchev–Trinajstić information content (AvgIpc) is 2.68. The number of rotatable bonds is 15. The standard InChI is InChI=1S/C16H27IN4O7S/c1-3-28-10(2)29-9-14(24)20-11(5-4-6-12(22)21-17)16(27)19-7-13(23)18-8-15(25)26/h10-11H,3-9H2,1-2H3,(H,18,23)(H,19,27)(H,20,24)(H,21,22)(H,25,26). The minimum atomic E-state index is -1.21. The summed E-state index contributed by atoms with van der Waals surface area (Å²) in [5.41, 5.74) is -0.177. The van der Waals surface area contributed by atoms with Crippen molar-refractivity contribution in [3.63, 3.8) is 0 Å². The van der Waals surface area contributed by atoms with E-state index in [1.54, 1.807) is 22.9 Å². The number of carboxylic acid groups (broad SMARTS) is 1. The highest BCUT2D eigenvalue weighted by Crippen LogP contribution is 2.11. The molecule has 0 aliphatic heterocycles. The van der Waals surface area contributed by atoms with Crippen molar-refractivity contribution < 1.29 is 33.8 Å². The summed E-state index contributed by atoms with van der Waals surface area (Å²) in [6, 6.07) is -0.931. The van der Waals surface area contributed by atoms with Gasteiger partial charge in [-0.1, -0.05) is 0 Å². The molecule has 166 valence electrons. The largest absolute Gasteiger partial charge is 0.480 e. The Morgan fingerprint density at radius 1 is 1.07 bits per heavy atom. The number of nitrogens with one attached hydrogen (secondary N) is 4. The highest BCUT2D eigenvalue weighted by atomic mass is 127. The predicted molar refractivity (Wildman–Crippen MR) is 115 cm³/mol. The van der Waals surface area contributed by atoms with Crippen LogP contribution >= 0.6 is 34.6 Å². The zero-order chi connectivity index (χ0) is 22.2. The number of carbonyl (C=O) groups is 5. The molecule has 0 radical (unpaired) electrons. The second-order valence-corrected chi connectivity index (χ2v) is 7.58. The Kier molecular flexibility index (Phi) is 15.3. The minimum absolute atomic E-state index is 0.0816. The molecule has 0 saturated heterocycles. The summed E-state index contributed by atoms with van der Waals surface area (Å²) in [6.45, 7) is 3.18. The number of amides is 4. The van der Waals surface area contributed by atoms with Gasteiger partial charge < -0.3 is 25.8 Å². The predicted octanol–water partition coefficient (Wildman–Crippen LogP) is -0.460. The molecule has 0 saturated carbocycles. The molecule has 29 heavy (non-hydrogen) atoms. The third-order valence-corrected chi connectivity index (χ3v) is 5.00. The van der Waals surface area contributed by atoms with Crippen LogP contribution in [-0.4, -0.2) is 71.6 Å². The van der Waals surface area contributed by atoms with Gasteiger partial charge in [-0.2, -0.15) is 0 Å². The molecule has 0 aliphatic carbocycles. The molecule has 0 aromatic carbocycles. The fraction of sp³-hybridized carbons (Fsp3) is 0.688.